The van der Waals surface area contributed by atoms with Crippen LogP contribution in [-0.4, -0.2) is 22.6 Å². The lowest BCUT2D eigenvalue weighted by Crippen LogP contribution is -2.42. The third-order valence-corrected chi connectivity index (χ3v) is 3.39. The zero-order valence-corrected chi connectivity index (χ0v) is 10.2. The van der Waals surface area contributed by atoms with Crippen LogP contribution in [0.5, 0.6) is 0 Å². The first kappa shape index (κ1) is 12.8. The summed E-state index contributed by atoms with van der Waals surface area (Å²) in [7, 11) is 0. The Kier molecular flexibility index (Phi) is 4.44. The second-order valence-electron chi connectivity index (χ2n) is 4.11. The maximum absolute atomic E-state index is 4.45. The number of nitrogens with zero attached hydrogens (tertiary/aromatic N) is 1. The van der Waals surface area contributed by atoms with Crippen molar-refractivity contribution >= 4 is 24.8 Å². The van der Waals surface area contributed by atoms with Gasteiger partial charge in [0.05, 0.1) is 12.0 Å². The minimum Gasteiger partial charge on any atom is -0.348 e. The topological polar surface area (TPSA) is 40.7 Å². The molecule has 1 saturated heterocycles. The van der Waals surface area contributed by atoms with Crippen molar-refractivity contribution in [2.24, 2.45) is 0 Å². The maximum Gasteiger partial charge on any atom is 0.0925 e. The molecule has 0 amide bonds. The minimum atomic E-state index is 0. The van der Waals surface area contributed by atoms with Crippen LogP contribution in [0.1, 0.15) is 36.6 Å². The molecular weight excluding hydrogens is 233 g/mol. The number of aryl methyl sites for hydroxylation is 1. The van der Waals surface area contributed by atoms with E-state index in [4.69, 9.17) is 0 Å². The van der Waals surface area contributed by atoms with E-state index in [9.17, 15) is 0 Å². The van der Waals surface area contributed by atoms with Gasteiger partial charge in [0, 0.05) is 17.7 Å². The number of aromatic amines is 1. The molecule has 1 fully saturated rings. The Bertz CT molecular complexity index is 313. The molecular formula is C10H17Cl2N3. The molecule has 2 unspecified atom stereocenters. The molecule has 1 aliphatic heterocycles. The summed E-state index contributed by atoms with van der Waals surface area (Å²) >= 11 is 0. The molecule has 0 saturated carbocycles. The zero-order chi connectivity index (χ0) is 8.67. The average molecular weight is 250 g/mol. The van der Waals surface area contributed by atoms with Gasteiger partial charge < -0.3 is 10.3 Å². The number of rotatable bonds is 0. The highest BCUT2D eigenvalue weighted by Crippen LogP contribution is 2.34. The summed E-state index contributed by atoms with van der Waals surface area (Å²) in [6.45, 7) is 1.20. The van der Waals surface area contributed by atoms with Crippen molar-refractivity contribution in [1.29, 1.82) is 0 Å². The Morgan fingerprint density at radius 2 is 2.13 bits per heavy atom. The summed E-state index contributed by atoms with van der Waals surface area (Å²) in [4.78, 5) is 7.70. The molecule has 15 heavy (non-hydrogen) atoms. The fourth-order valence-corrected chi connectivity index (χ4v) is 2.73. The number of fused-ring (bicyclic) bond motifs is 3. The van der Waals surface area contributed by atoms with Crippen molar-refractivity contribution in [3.63, 3.8) is 0 Å². The SMILES string of the molecule is Cl.Cl.c1nc2c([nH]1)CCC1NCCCC21. The van der Waals surface area contributed by atoms with Crippen molar-refractivity contribution in [2.45, 2.75) is 37.6 Å². The van der Waals surface area contributed by atoms with Crippen molar-refractivity contribution in [1.82, 2.24) is 15.3 Å². The van der Waals surface area contributed by atoms with Crippen molar-refractivity contribution in [3.8, 4) is 0 Å². The van der Waals surface area contributed by atoms with Gasteiger partial charge in [-0.15, -0.1) is 24.8 Å². The van der Waals surface area contributed by atoms with Crippen molar-refractivity contribution in [2.75, 3.05) is 6.54 Å². The first-order valence-corrected chi connectivity index (χ1v) is 5.20. The molecule has 3 nitrogen and oxygen atoms in total. The van der Waals surface area contributed by atoms with Gasteiger partial charge in [-0.3, -0.25) is 0 Å². The number of H-pyrrole nitrogens is 1. The van der Waals surface area contributed by atoms with Gasteiger partial charge in [0.15, 0.2) is 0 Å². The summed E-state index contributed by atoms with van der Waals surface area (Å²) in [6, 6.07) is 0.699. The summed E-state index contributed by atoms with van der Waals surface area (Å²) in [6.07, 6.45) is 6.91. The summed E-state index contributed by atoms with van der Waals surface area (Å²) in [5, 5.41) is 3.60. The van der Waals surface area contributed by atoms with E-state index in [1.807, 2.05) is 6.33 Å². The molecule has 1 aromatic heterocycles. The van der Waals surface area contributed by atoms with E-state index in [2.05, 4.69) is 15.3 Å². The van der Waals surface area contributed by atoms with Gasteiger partial charge in [0.1, 0.15) is 0 Å². The van der Waals surface area contributed by atoms with E-state index in [0.717, 1.165) is 0 Å². The van der Waals surface area contributed by atoms with Crippen LogP contribution in [0.25, 0.3) is 0 Å². The molecule has 5 heteroatoms. The van der Waals surface area contributed by atoms with Crippen LogP contribution in [0.3, 0.4) is 0 Å². The van der Waals surface area contributed by atoms with Crippen molar-refractivity contribution < 1.29 is 0 Å². The van der Waals surface area contributed by atoms with E-state index in [0.29, 0.717) is 12.0 Å². The largest absolute Gasteiger partial charge is 0.348 e. The van der Waals surface area contributed by atoms with Gasteiger partial charge in [-0.25, -0.2) is 4.98 Å². The highest BCUT2D eigenvalue weighted by atomic mass is 35.5. The minimum absolute atomic E-state index is 0. The lowest BCUT2D eigenvalue weighted by atomic mass is 9.80. The highest BCUT2D eigenvalue weighted by Gasteiger charge is 2.32. The van der Waals surface area contributed by atoms with Crippen LogP contribution in [0, 0.1) is 0 Å². The summed E-state index contributed by atoms with van der Waals surface area (Å²) in [5.74, 6) is 0.684. The number of piperidine rings is 1. The molecule has 2 aliphatic rings. The van der Waals surface area contributed by atoms with Gasteiger partial charge >= 0.3 is 0 Å². The average Bonchev–Trinajstić information content (AvgIpc) is 2.65. The Labute approximate surface area is 102 Å². The Morgan fingerprint density at radius 3 is 3.00 bits per heavy atom. The van der Waals surface area contributed by atoms with Crippen LogP contribution in [-0.2, 0) is 6.42 Å². The predicted molar refractivity (Wildman–Crippen MR) is 65.2 cm³/mol. The first-order valence-electron chi connectivity index (χ1n) is 5.20. The molecule has 2 N–H and O–H groups in total. The smallest absolute Gasteiger partial charge is 0.0925 e. The Morgan fingerprint density at radius 1 is 1.27 bits per heavy atom. The van der Waals surface area contributed by atoms with Crippen LogP contribution >= 0.6 is 24.8 Å². The van der Waals surface area contributed by atoms with Crippen LogP contribution < -0.4 is 5.32 Å². The zero-order valence-electron chi connectivity index (χ0n) is 8.53. The molecule has 1 aliphatic carbocycles. The van der Waals surface area contributed by atoms with Gasteiger partial charge in [-0.05, 0) is 32.2 Å². The molecule has 2 atom stereocenters. The third kappa shape index (κ3) is 2.14. The molecule has 2 heterocycles. The highest BCUT2D eigenvalue weighted by molar-refractivity contribution is 5.85. The number of halogens is 2. The summed E-state index contributed by atoms with van der Waals surface area (Å²) < 4.78 is 0. The number of nitrogens with one attached hydrogen (secondary N) is 2. The van der Waals surface area contributed by atoms with E-state index in [-0.39, 0.29) is 24.8 Å². The van der Waals surface area contributed by atoms with Crippen LogP contribution in [0.15, 0.2) is 6.33 Å². The normalized spacial score (nSPS) is 28.0. The van der Waals surface area contributed by atoms with Crippen LogP contribution in [0.4, 0.5) is 0 Å². The Balaban J connectivity index is 0.000000562. The first-order chi connectivity index (χ1) is 6.45. The fraction of sp³-hybridized carbons (Fsp3) is 0.700. The van der Waals surface area contributed by atoms with E-state index in [1.54, 1.807) is 0 Å². The molecule has 0 spiro atoms. The number of hydrogen-bond acceptors (Lipinski definition) is 2. The third-order valence-electron chi connectivity index (χ3n) is 3.39. The summed E-state index contributed by atoms with van der Waals surface area (Å²) in [5.41, 5.74) is 2.72. The monoisotopic (exact) mass is 249 g/mol. The Hall–Kier alpha value is -0.250. The van der Waals surface area contributed by atoms with Gasteiger partial charge in [0.25, 0.3) is 0 Å². The predicted octanol–water partition coefficient (Wildman–Crippen LogP) is 2.04. The fourth-order valence-electron chi connectivity index (χ4n) is 2.73. The van der Waals surface area contributed by atoms with Gasteiger partial charge in [0.2, 0.25) is 0 Å². The van der Waals surface area contributed by atoms with E-state index in [1.165, 1.54) is 43.6 Å². The number of aromatic nitrogens is 2. The van der Waals surface area contributed by atoms with E-state index < -0.39 is 0 Å². The quantitative estimate of drug-likeness (QED) is 0.739. The van der Waals surface area contributed by atoms with Crippen molar-refractivity contribution in [3.05, 3.63) is 17.7 Å². The lowest BCUT2D eigenvalue weighted by Gasteiger charge is -2.35. The molecule has 0 aromatic carbocycles. The molecule has 86 valence electrons. The second-order valence-corrected chi connectivity index (χ2v) is 4.11. The van der Waals surface area contributed by atoms with Gasteiger partial charge in [-0.1, -0.05) is 0 Å². The lowest BCUT2D eigenvalue weighted by molar-refractivity contribution is 0.314. The standard InChI is InChI=1S/C10H15N3.2ClH/c1-2-7-8(11-5-1)3-4-9-10(7)13-6-12-9;;/h6-8,11H,1-5H2,(H,12,13);2*1H. The maximum atomic E-state index is 4.45. The number of imidazole rings is 1. The van der Waals surface area contributed by atoms with Crippen LogP contribution in [0.2, 0.25) is 0 Å². The number of hydrogen-bond donors (Lipinski definition) is 2. The molecule has 1 aromatic rings. The molecule has 0 bridgehead atoms. The van der Waals surface area contributed by atoms with Gasteiger partial charge in [-0.2, -0.15) is 0 Å². The second kappa shape index (κ2) is 5.19. The van der Waals surface area contributed by atoms with E-state index >= 15 is 0 Å². The molecule has 0 radical (unpaired) electrons. The molecule has 3 rings (SSSR count).